The number of H-pyrrole nitrogens is 1. The summed E-state index contributed by atoms with van der Waals surface area (Å²) >= 11 is 6.02. The van der Waals surface area contributed by atoms with Gasteiger partial charge in [-0.25, -0.2) is 10.1 Å². The van der Waals surface area contributed by atoms with Crippen molar-refractivity contribution >= 4 is 23.0 Å². The van der Waals surface area contributed by atoms with Crippen molar-refractivity contribution < 1.29 is 18.9 Å². The summed E-state index contributed by atoms with van der Waals surface area (Å²) in [6, 6.07) is 17.5. The molecular formula is C26H24ClN5O5. The second-order valence-electron chi connectivity index (χ2n) is 7.56. The van der Waals surface area contributed by atoms with E-state index in [4.69, 9.17) is 30.5 Å². The molecule has 1 aromatic heterocycles. The Kier molecular flexibility index (Phi) is 7.89. The summed E-state index contributed by atoms with van der Waals surface area (Å²) in [5.41, 5.74) is 4.44. The maximum atomic E-state index is 13.0. The lowest BCUT2D eigenvalue weighted by molar-refractivity contribution is 0.324. The molecular weight excluding hydrogens is 498 g/mol. The molecule has 0 saturated heterocycles. The van der Waals surface area contributed by atoms with Gasteiger partial charge in [0.2, 0.25) is 5.75 Å². The molecule has 0 atom stereocenters. The monoisotopic (exact) mass is 521 g/mol. The highest BCUT2D eigenvalue weighted by Crippen LogP contribution is 2.38. The fourth-order valence-electron chi connectivity index (χ4n) is 3.51. The summed E-state index contributed by atoms with van der Waals surface area (Å²) in [7, 11) is 6.08. The number of halogens is 1. The van der Waals surface area contributed by atoms with Crippen LogP contribution in [0.2, 0.25) is 5.02 Å². The van der Waals surface area contributed by atoms with Crippen LogP contribution in [-0.2, 0) is 0 Å². The van der Waals surface area contributed by atoms with E-state index in [1.54, 1.807) is 49.6 Å². The number of hydrogen-bond acceptors (Lipinski definition) is 9. The van der Waals surface area contributed by atoms with Crippen LogP contribution in [0.4, 0.5) is 5.69 Å². The van der Waals surface area contributed by atoms with Crippen molar-refractivity contribution in [3.8, 4) is 34.4 Å². The first-order valence-electron chi connectivity index (χ1n) is 11.0. The molecule has 0 radical (unpaired) electrons. The average molecular weight is 522 g/mol. The smallest absolute Gasteiger partial charge is 0.292 e. The molecule has 0 aliphatic carbocycles. The van der Waals surface area contributed by atoms with Gasteiger partial charge in [0.15, 0.2) is 23.0 Å². The normalized spacial score (nSPS) is 11.1. The minimum Gasteiger partial charge on any atom is -0.497 e. The lowest BCUT2D eigenvalue weighted by Crippen LogP contribution is -2.24. The minimum absolute atomic E-state index is 0.0182. The van der Waals surface area contributed by atoms with E-state index < -0.39 is 5.56 Å². The molecule has 0 fully saturated rings. The number of aromatic amines is 1. The molecule has 1 heterocycles. The van der Waals surface area contributed by atoms with Crippen LogP contribution in [0.15, 0.2) is 70.6 Å². The van der Waals surface area contributed by atoms with Crippen molar-refractivity contribution in [2.75, 3.05) is 33.9 Å². The fraction of sp³-hybridized carbons (Fsp3) is 0.154. The van der Waals surface area contributed by atoms with Crippen LogP contribution < -0.4 is 29.9 Å². The predicted octanol–water partition coefficient (Wildman–Crippen LogP) is 4.38. The van der Waals surface area contributed by atoms with Gasteiger partial charge < -0.3 is 18.9 Å². The van der Waals surface area contributed by atoms with Crippen molar-refractivity contribution in [1.82, 2.24) is 15.2 Å². The summed E-state index contributed by atoms with van der Waals surface area (Å²) in [6.45, 7) is 0. The Labute approximate surface area is 217 Å². The van der Waals surface area contributed by atoms with E-state index in [0.29, 0.717) is 44.8 Å². The van der Waals surface area contributed by atoms with Gasteiger partial charge >= 0.3 is 0 Å². The number of anilines is 1. The standard InChI is InChI=1S/C26H24ClN5O5/c1-34-19-7-5-6-18(14-19)29-30-22(16-12-20(35-2)24(37-4)21(13-16)36-3)23-26(33)32-31-25(28-23)15-8-10-17(27)11-9-15/h5-14,29H,1-4H3,(H,32,33)/b30-22-. The van der Waals surface area contributed by atoms with Gasteiger partial charge in [0.05, 0.1) is 34.1 Å². The van der Waals surface area contributed by atoms with Crippen LogP contribution in [0.3, 0.4) is 0 Å². The second kappa shape index (κ2) is 11.4. The maximum absolute atomic E-state index is 13.0. The molecule has 0 amide bonds. The number of methoxy groups -OCH3 is 4. The van der Waals surface area contributed by atoms with Crippen LogP contribution in [0, 0.1) is 0 Å². The van der Waals surface area contributed by atoms with E-state index in [1.807, 2.05) is 18.2 Å². The highest BCUT2D eigenvalue weighted by atomic mass is 35.5. The molecule has 0 aliphatic rings. The Balaban J connectivity index is 1.90. The Morgan fingerprint density at radius 2 is 1.62 bits per heavy atom. The van der Waals surface area contributed by atoms with Crippen LogP contribution in [-0.4, -0.2) is 49.3 Å². The highest BCUT2D eigenvalue weighted by Gasteiger charge is 2.21. The molecule has 0 aliphatic heterocycles. The predicted molar refractivity (Wildman–Crippen MR) is 141 cm³/mol. The second-order valence-corrected chi connectivity index (χ2v) is 8.00. The zero-order chi connectivity index (χ0) is 26.4. The first-order valence-corrected chi connectivity index (χ1v) is 11.4. The van der Waals surface area contributed by atoms with Crippen molar-refractivity contribution in [3.05, 3.63) is 87.3 Å². The van der Waals surface area contributed by atoms with Gasteiger partial charge in [-0.05, 0) is 48.5 Å². The summed E-state index contributed by atoms with van der Waals surface area (Å²) in [5.74, 6) is 2.09. The number of ether oxygens (including phenoxy) is 4. The molecule has 10 nitrogen and oxygen atoms in total. The largest absolute Gasteiger partial charge is 0.497 e. The molecule has 3 aromatic carbocycles. The SMILES string of the molecule is COc1cccc(N/N=C(/c2cc(OC)c(OC)c(OC)c2)c2nc(-c3ccc(Cl)cc3)n[nH]c2=O)c1. The van der Waals surface area contributed by atoms with Crippen LogP contribution in [0.1, 0.15) is 11.3 Å². The van der Waals surface area contributed by atoms with Crippen LogP contribution >= 0.6 is 11.6 Å². The first-order chi connectivity index (χ1) is 18.0. The average Bonchev–Trinajstić information content (AvgIpc) is 2.93. The quantitative estimate of drug-likeness (QED) is 0.246. The fourth-order valence-corrected chi connectivity index (χ4v) is 3.64. The number of rotatable bonds is 9. The third kappa shape index (κ3) is 5.65. The summed E-state index contributed by atoms with van der Waals surface area (Å²) in [5, 5.41) is 11.7. The zero-order valence-corrected chi connectivity index (χ0v) is 21.3. The molecule has 0 unspecified atom stereocenters. The number of nitrogens with zero attached hydrogens (tertiary/aromatic N) is 3. The van der Waals surface area contributed by atoms with E-state index in [-0.39, 0.29) is 17.2 Å². The van der Waals surface area contributed by atoms with Crippen LogP contribution in [0.25, 0.3) is 11.4 Å². The summed E-state index contributed by atoms with van der Waals surface area (Å²) in [6.07, 6.45) is 0. The van der Waals surface area contributed by atoms with E-state index >= 15 is 0 Å². The third-order valence-electron chi connectivity index (χ3n) is 5.33. The molecule has 0 bridgehead atoms. The molecule has 190 valence electrons. The number of benzene rings is 3. The topological polar surface area (TPSA) is 120 Å². The maximum Gasteiger partial charge on any atom is 0.292 e. The first kappa shape index (κ1) is 25.5. The molecule has 4 aromatic rings. The van der Waals surface area contributed by atoms with E-state index in [2.05, 4.69) is 25.7 Å². The Hall–Kier alpha value is -4.57. The summed E-state index contributed by atoms with van der Waals surface area (Å²) < 4.78 is 21.7. The van der Waals surface area contributed by atoms with Gasteiger partial charge in [0.25, 0.3) is 5.56 Å². The van der Waals surface area contributed by atoms with Gasteiger partial charge in [0.1, 0.15) is 11.5 Å². The minimum atomic E-state index is -0.544. The lowest BCUT2D eigenvalue weighted by atomic mass is 10.1. The molecule has 2 N–H and O–H groups in total. The molecule has 4 rings (SSSR count). The molecule has 11 heteroatoms. The van der Waals surface area contributed by atoms with Gasteiger partial charge in [-0.1, -0.05) is 17.7 Å². The lowest BCUT2D eigenvalue weighted by Gasteiger charge is -2.15. The van der Waals surface area contributed by atoms with E-state index in [1.165, 1.54) is 21.3 Å². The number of hydrazone groups is 1. The Morgan fingerprint density at radius 1 is 0.919 bits per heavy atom. The third-order valence-corrected chi connectivity index (χ3v) is 5.58. The number of hydrogen-bond donors (Lipinski definition) is 2. The van der Waals surface area contributed by atoms with E-state index in [9.17, 15) is 4.79 Å². The Morgan fingerprint density at radius 3 is 2.24 bits per heavy atom. The molecule has 0 spiro atoms. The zero-order valence-electron chi connectivity index (χ0n) is 20.5. The summed E-state index contributed by atoms with van der Waals surface area (Å²) in [4.78, 5) is 17.5. The van der Waals surface area contributed by atoms with Crippen LogP contribution in [0.5, 0.6) is 23.0 Å². The van der Waals surface area contributed by atoms with Gasteiger partial charge in [0, 0.05) is 22.2 Å². The molecule has 37 heavy (non-hydrogen) atoms. The molecule has 0 saturated carbocycles. The number of nitrogens with one attached hydrogen (secondary N) is 2. The number of aromatic nitrogens is 3. The van der Waals surface area contributed by atoms with Gasteiger partial charge in [-0.15, -0.1) is 0 Å². The van der Waals surface area contributed by atoms with Gasteiger partial charge in [-0.2, -0.15) is 10.2 Å². The van der Waals surface area contributed by atoms with Crippen molar-refractivity contribution in [2.45, 2.75) is 0 Å². The van der Waals surface area contributed by atoms with Crippen molar-refractivity contribution in [2.24, 2.45) is 5.10 Å². The highest BCUT2D eigenvalue weighted by molar-refractivity contribution is 6.30. The van der Waals surface area contributed by atoms with Crippen molar-refractivity contribution in [3.63, 3.8) is 0 Å². The Bertz CT molecular complexity index is 1460. The van der Waals surface area contributed by atoms with Gasteiger partial charge in [-0.3, -0.25) is 10.2 Å². The van der Waals surface area contributed by atoms with E-state index in [0.717, 1.165) is 0 Å². The van der Waals surface area contributed by atoms with Crippen molar-refractivity contribution in [1.29, 1.82) is 0 Å².